The smallest absolute Gasteiger partial charge is 0.321 e. The van der Waals surface area contributed by atoms with Gasteiger partial charge in [-0.2, -0.15) is 0 Å². The Labute approximate surface area is 99.9 Å². The van der Waals surface area contributed by atoms with Crippen molar-refractivity contribution >= 4 is 12.9 Å². The molecule has 2 aromatic carbocycles. The third kappa shape index (κ3) is 2.64. The van der Waals surface area contributed by atoms with Crippen LogP contribution in [0.3, 0.4) is 0 Å². The average Bonchev–Trinajstić information content (AvgIpc) is 2.29. The Morgan fingerprint density at radius 1 is 1.12 bits per heavy atom. The predicted molar refractivity (Wildman–Crippen MR) is 67.1 cm³/mol. The number of hydrogen-bond acceptors (Lipinski definition) is 1. The van der Waals surface area contributed by atoms with Crippen LogP contribution < -0.4 is 5.30 Å². The maximum Gasteiger partial charge on any atom is 0.357 e. The first-order chi connectivity index (χ1) is 7.98. The maximum absolute atomic E-state index is 11.4. The van der Waals surface area contributed by atoms with E-state index in [4.69, 9.17) is 0 Å². The van der Waals surface area contributed by atoms with E-state index in [0.717, 1.165) is 11.1 Å². The zero-order valence-electron chi connectivity index (χ0n) is 9.29. The Hall–Kier alpha value is -1.41. The highest BCUT2D eigenvalue weighted by molar-refractivity contribution is 7.60. The number of benzene rings is 2. The Balaban J connectivity index is 2.60. The minimum Gasteiger partial charge on any atom is -0.321 e. The predicted octanol–water partition coefficient (Wildman–Crippen LogP) is 2.27. The summed E-state index contributed by atoms with van der Waals surface area (Å²) in [5.41, 5.74) is 2.41. The molecular formula is C13H12O3P. The van der Waals surface area contributed by atoms with Gasteiger partial charge in [0.05, 0.1) is 5.30 Å². The molecule has 2 N–H and O–H groups in total. The fraction of sp³-hybridized carbons (Fsp3) is 0.0769. The first kappa shape index (κ1) is 12.1. The van der Waals surface area contributed by atoms with Gasteiger partial charge < -0.3 is 9.79 Å². The second-order valence-electron chi connectivity index (χ2n) is 3.84. The summed E-state index contributed by atoms with van der Waals surface area (Å²) in [4.78, 5) is 18.5. The standard InChI is InChI=1S/C13H12O3P/c1-10-6-8-11(9-7-10)12-4-2-3-5-13(12)17(14,15)16/h2-4,6-9H,1H3,(H2,14,15,16). The van der Waals surface area contributed by atoms with Crippen molar-refractivity contribution < 1.29 is 14.4 Å². The van der Waals surface area contributed by atoms with Gasteiger partial charge in [0.2, 0.25) is 0 Å². The molecule has 0 saturated heterocycles. The molecule has 0 unspecified atom stereocenters. The molecule has 0 amide bonds. The van der Waals surface area contributed by atoms with E-state index in [1.165, 1.54) is 6.07 Å². The zero-order valence-corrected chi connectivity index (χ0v) is 10.2. The molecule has 0 bridgehead atoms. The van der Waals surface area contributed by atoms with Gasteiger partial charge in [0.15, 0.2) is 0 Å². The van der Waals surface area contributed by atoms with E-state index in [1.807, 2.05) is 31.2 Å². The second-order valence-corrected chi connectivity index (χ2v) is 5.38. The summed E-state index contributed by atoms with van der Waals surface area (Å²) in [5, 5.41) is -0.0520. The van der Waals surface area contributed by atoms with Crippen LogP contribution in [0.1, 0.15) is 5.56 Å². The largest absolute Gasteiger partial charge is 0.357 e. The van der Waals surface area contributed by atoms with Crippen LogP contribution in [-0.2, 0) is 4.57 Å². The van der Waals surface area contributed by atoms with Crippen molar-refractivity contribution in [3.8, 4) is 11.1 Å². The fourth-order valence-corrected chi connectivity index (χ4v) is 2.40. The zero-order chi connectivity index (χ0) is 12.5. The SMILES string of the molecule is Cc1ccc(-c2ccc[c]c2P(=O)(O)O)cc1. The van der Waals surface area contributed by atoms with Gasteiger partial charge in [-0.3, -0.25) is 4.57 Å². The molecule has 0 aliphatic heterocycles. The Bertz CT molecular complexity index is 569. The van der Waals surface area contributed by atoms with Gasteiger partial charge in [-0.1, -0.05) is 48.0 Å². The Kier molecular flexibility index (Phi) is 3.16. The van der Waals surface area contributed by atoms with Crippen LogP contribution in [0.25, 0.3) is 11.1 Å². The van der Waals surface area contributed by atoms with E-state index in [2.05, 4.69) is 6.07 Å². The van der Waals surface area contributed by atoms with Crippen LogP contribution in [0.2, 0.25) is 0 Å². The van der Waals surface area contributed by atoms with Gasteiger partial charge in [0.1, 0.15) is 0 Å². The third-order valence-electron chi connectivity index (χ3n) is 2.49. The van der Waals surface area contributed by atoms with E-state index < -0.39 is 7.60 Å². The van der Waals surface area contributed by atoms with E-state index in [9.17, 15) is 14.4 Å². The number of rotatable bonds is 2. The number of aryl methyl sites for hydroxylation is 1. The Morgan fingerprint density at radius 3 is 2.35 bits per heavy atom. The quantitative estimate of drug-likeness (QED) is 0.800. The topological polar surface area (TPSA) is 57.5 Å². The highest BCUT2D eigenvalue weighted by atomic mass is 31.2. The second kappa shape index (κ2) is 4.46. The first-order valence-electron chi connectivity index (χ1n) is 5.12. The molecule has 2 rings (SSSR count). The van der Waals surface area contributed by atoms with Crippen molar-refractivity contribution in [1.82, 2.24) is 0 Å². The molecule has 17 heavy (non-hydrogen) atoms. The molecule has 2 aromatic rings. The molecule has 4 heteroatoms. The van der Waals surface area contributed by atoms with Crippen LogP contribution in [0, 0.1) is 13.0 Å². The van der Waals surface area contributed by atoms with Gasteiger partial charge in [-0.05, 0) is 24.1 Å². The monoisotopic (exact) mass is 247 g/mol. The lowest BCUT2D eigenvalue weighted by atomic mass is 10.0. The lowest BCUT2D eigenvalue weighted by Crippen LogP contribution is -2.07. The Morgan fingerprint density at radius 2 is 1.76 bits per heavy atom. The van der Waals surface area contributed by atoms with Crippen LogP contribution >= 0.6 is 7.60 Å². The minimum atomic E-state index is -4.29. The summed E-state index contributed by atoms with van der Waals surface area (Å²) >= 11 is 0. The molecule has 0 atom stereocenters. The van der Waals surface area contributed by atoms with Crippen LogP contribution in [0.4, 0.5) is 0 Å². The van der Waals surface area contributed by atoms with E-state index >= 15 is 0 Å². The summed E-state index contributed by atoms with van der Waals surface area (Å²) in [5.74, 6) is 0. The summed E-state index contributed by atoms with van der Waals surface area (Å²) < 4.78 is 11.4. The van der Waals surface area contributed by atoms with Crippen molar-refractivity contribution in [1.29, 1.82) is 0 Å². The molecule has 0 aliphatic rings. The average molecular weight is 247 g/mol. The lowest BCUT2D eigenvalue weighted by Gasteiger charge is -2.10. The molecule has 1 radical (unpaired) electrons. The van der Waals surface area contributed by atoms with E-state index in [-0.39, 0.29) is 5.30 Å². The molecule has 87 valence electrons. The molecule has 0 spiro atoms. The van der Waals surface area contributed by atoms with Gasteiger partial charge in [0, 0.05) is 0 Å². The highest BCUT2D eigenvalue weighted by Gasteiger charge is 2.21. The molecule has 0 heterocycles. The van der Waals surface area contributed by atoms with Crippen molar-refractivity contribution in [3.05, 3.63) is 54.1 Å². The highest BCUT2D eigenvalue weighted by Crippen LogP contribution is 2.37. The first-order valence-corrected chi connectivity index (χ1v) is 6.73. The fourth-order valence-electron chi connectivity index (χ4n) is 1.64. The van der Waals surface area contributed by atoms with Crippen LogP contribution in [0.15, 0.2) is 42.5 Å². The van der Waals surface area contributed by atoms with Crippen molar-refractivity contribution in [2.75, 3.05) is 0 Å². The molecule has 0 aliphatic carbocycles. The van der Waals surface area contributed by atoms with Gasteiger partial charge in [-0.25, -0.2) is 0 Å². The molecular weight excluding hydrogens is 235 g/mol. The number of hydrogen-bond donors (Lipinski definition) is 2. The van der Waals surface area contributed by atoms with Crippen molar-refractivity contribution in [3.63, 3.8) is 0 Å². The molecule has 0 saturated carbocycles. The summed E-state index contributed by atoms with van der Waals surface area (Å²) in [6.07, 6.45) is 0. The minimum absolute atomic E-state index is 0.0520. The van der Waals surface area contributed by atoms with Crippen LogP contribution in [-0.4, -0.2) is 9.79 Å². The van der Waals surface area contributed by atoms with Gasteiger partial charge in [-0.15, -0.1) is 0 Å². The summed E-state index contributed by atoms with van der Waals surface area (Å²) in [7, 11) is -4.29. The summed E-state index contributed by atoms with van der Waals surface area (Å²) in [6, 6.07) is 15.0. The van der Waals surface area contributed by atoms with Crippen LogP contribution in [0.5, 0.6) is 0 Å². The van der Waals surface area contributed by atoms with Crippen molar-refractivity contribution in [2.45, 2.75) is 6.92 Å². The van der Waals surface area contributed by atoms with Crippen molar-refractivity contribution in [2.24, 2.45) is 0 Å². The van der Waals surface area contributed by atoms with E-state index in [1.54, 1.807) is 12.1 Å². The molecule has 0 fully saturated rings. The molecule has 0 aromatic heterocycles. The third-order valence-corrected chi connectivity index (χ3v) is 3.44. The van der Waals surface area contributed by atoms with E-state index in [0.29, 0.717) is 5.56 Å². The normalized spacial score (nSPS) is 11.5. The lowest BCUT2D eigenvalue weighted by molar-refractivity contribution is 0.387. The van der Waals surface area contributed by atoms with Gasteiger partial charge >= 0.3 is 7.60 Å². The van der Waals surface area contributed by atoms with Gasteiger partial charge in [0.25, 0.3) is 0 Å². The molecule has 3 nitrogen and oxygen atoms in total. The summed E-state index contributed by atoms with van der Waals surface area (Å²) in [6.45, 7) is 1.96. The maximum atomic E-state index is 11.4.